The van der Waals surface area contributed by atoms with E-state index in [1.807, 2.05) is 73.8 Å². The average molecular weight is 415 g/mol. The molecule has 0 radical (unpaired) electrons. The summed E-state index contributed by atoms with van der Waals surface area (Å²) in [6.07, 6.45) is 2.05. The molecule has 0 amide bonds. The lowest BCUT2D eigenvalue weighted by Gasteiger charge is -2.12. The topological polar surface area (TPSA) is 39.4 Å². The quantitative estimate of drug-likeness (QED) is 0.327. The van der Waals surface area contributed by atoms with Crippen LogP contribution in [-0.2, 0) is 0 Å². The second kappa shape index (κ2) is 9.06. The van der Waals surface area contributed by atoms with Crippen LogP contribution in [0.25, 0.3) is 33.6 Å². The summed E-state index contributed by atoms with van der Waals surface area (Å²) in [5, 5.41) is 0. The van der Waals surface area contributed by atoms with Crippen molar-refractivity contribution in [3.8, 4) is 39.3 Å². The highest BCUT2D eigenvalue weighted by molar-refractivity contribution is 7.98. The Morgan fingerprint density at radius 3 is 2.13 bits per heavy atom. The molecule has 4 heteroatoms. The van der Waals surface area contributed by atoms with Crippen LogP contribution in [0.3, 0.4) is 0 Å². The van der Waals surface area contributed by atoms with Crippen molar-refractivity contribution < 1.29 is 9.15 Å². The maximum Gasteiger partial charge on any atom is 0.344 e. The molecular weight excluding hydrogens is 392 g/mol. The molecule has 0 aliphatic heterocycles. The second-order valence-electron chi connectivity index (χ2n) is 6.74. The molecule has 0 saturated carbocycles. The van der Waals surface area contributed by atoms with Crippen LogP contribution in [0.5, 0.6) is 5.75 Å². The van der Waals surface area contributed by atoms with Crippen molar-refractivity contribution in [3.63, 3.8) is 0 Å². The molecule has 0 N–H and O–H groups in total. The zero-order chi connectivity index (χ0) is 20.9. The minimum absolute atomic E-state index is 0.350. The summed E-state index contributed by atoms with van der Waals surface area (Å²) in [5.74, 6) is 1.32. The van der Waals surface area contributed by atoms with Crippen LogP contribution >= 0.6 is 11.8 Å². The fraction of sp³-hybridized carbons (Fsp3) is 0.115. The average Bonchev–Trinajstić information content (AvgIpc) is 2.80. The van der Waals surface area contributed by atoms with Gasteiger partial charge in [-0.3, -0.25) is 0 Å². The minimum atomic E-state index is -0.350. The molecule has 4 rings (SSSR count). The normalized spacial score (nSPS) is 10.7. The van der Waals surface area contributed by atoms with E-state index in [1.165, 1.54) is 4.90 Å². The van der Waals surface area contributed by atoms with Crippen molar-refractivity contribution in [2.24, 2.45) is 0 Å². The van der Waals surface area contributed by atoms with Gasteiger partial charge in [0.2, 0.25) is 0 Å². The van der Waals surface area contributed by atoms with Crippen LogP contribution in [0.2, 0.25) is 0 Å². The van der Waals surface area contributed by atoms with Gasteiger partial charge >= 0.3 is 5.63 Å². The SMILES string of the molecule is CCOc1ccc(-c2cc(-c3ccc(SC)cc3)c(-c3ccccc3)c(=O)o2)cc1. The molecule has 1 aromatic heterocycles. The summed E-state index contributed by atoms with van der Waals surface area (Å²) in [4.78, 5) is 14.3. The molecule has 150 valence electrons. The summed E-state index contributed by atoms with van der Waals surface area (Å²) in [7, 11) is 0. The van der Waals surface area contributed by atoms with Crippen molar-refractivity contribution in [2.45, 2.75) is 11.8 Å². The van der Waals surface area contributed by atoms with Gasteiger partial charge in [0.25, 0.3) is 0 Å². The smallest absolute Gasteiger partial charge is 0.344 e. The van der Waals surface area contributed by atoms with E-state index in [0.717, 1.165) is 28.0 Å². The zero-order valence-corrected chi connectivity index (χ0v) is 17.7. The summed E-state index contributed by atoms with van der Waals surface area (Å²) < 4.78 is 11.3. The molecule has 0 saturated heterocycles. The molecule has 0 atom stereocenters. The van der Waals surface area contributed by atoms with Gasteiger partial charge in [0.05, 0.1) is 12.2 Å². The van der Waals surface area contributed by atoms with Gasteiger partial charge in [-0.25, -0.2) is 4.79 Å². The first kappa shape index (κ1) is 20.0. The lowest BCUT2D eigenvalue weighted by molar-refractivity contribution is 0.340. The van der Waals surface area contributed by atoms with Gasteiger partial charge in [0, 0.05) is 16.0 Å². The summed E-state index contributed by atoms with van der Waals surface area (Å²) in [6, 6.07) is 27.4. The van der Waals surface area contributed by atoms with Crippen LogP contribution in [0.4, 0.5) is 0 Å². The first-order valence-corrected chi connectivity index (χ1v) is 11.0. The molecule has 0 spiro atoms. The Morgan fingerprint density at radius 2 is 1.50 bits per heavy atom. The van der Waals surface area contributed by atoms with Gasteiger partial charge in [0.1, 0.15) is 11.5 Å². The van der Waals surface area contributed by atoms with E-state index < -0.39 is 0 Å². The van der Waals surface area contributed by atoms with Crippen molar-refractivity contribution >= 4 is 11.8 Å². The number of ether oxygens (including phenoxy) is 1. The van der Waals surface area contributed by atoms with E-state index in [-0.39, 0.29) is 5.63 Å². The third-order valence-corrected chi connectivity index (χ3v) is 5.61. The Balaban J connectivity index is 1.88. The van der Waals surface area contributed by atoms with Crippen LogP contribution in [0.15, 0.2) is 99.0 Å². The Hall–Kier alpha value is -3.24. The van der Waals surface area contributed by atoms with E-state index in [4.69, 9.17) is 9.15 Å². The molecule has 3 aromatic carbocycles. The van der Waals surface area contributed by atoms with Crippen LogP contribution in [0, 0.1) is 0 Å². The van der Waals surface area contributed by atoms with Gasteiger partial charge in [-0.05, 0) is 66.8 Å². The first-order chi connectivity index (χ1) is 14.7. The lowest BCUT2D eigenvalue weighted by atomic mass is 9.95. The number of thioether (sulfide) groups is 1. The Bertz CT molecular complexity index is 1180. The molecular formula is C26H22O3S. The van der Waals surface area contributed by atoms with Crippen LogP contribution in [-0.4, -0.2) is 12.9 Å². The Labute approximate surface area is 180 Å². The zero-order valence-electron chi connectivity index (χ0n) is 16.9. The standard InChI is InChI=1S/C26H22O3S/c1-3-28-21-13-9-19(10-14-21)24-17-23(18-11-15-22(30-2)16-12-18)25(26(27)29-24)20-7-5-4-6-8-20/h4-17H,3H2,1-2H3. The van der Waals surface area contributed by atoms with E-state index in [9.17, 15) is 4.79 Å². The summed E-state index contributed by atoms with van der Waals surface area (Å²) in [6.45, 7) is 2.56. The van der Waals surface area contributed by atoms with E-state index in [1.54, 1.807) is 11.8 Å². The van der Waals surface area contributed by atoms with Gasteiger partial charge in [0.15, 0.2) is 0 Å². The minimum Gasteiger partial charge on any atom is -0.494 e. The monoisotopic (exact) mass is 414 g/mol. The number of hydrogen-bond donors (Lipinski definition) is 0. The highest BCUT2D eigenvalue weighted by Gasteiger charge is 2.16. The number of benzene rings is 3. The summed E-state index contributed by atoms with van der Waals surface area (Å²) in [5.41, 5.74) is 3.73. The molecule has 0 fully saturated rings. The largest absolute Gasteiger partial charge is 0.494 e. The van der Waals surface area contributed by atoms with E-state index in [0.29, 0.717) is 17.9 Å². The van der Waals surface area contributed by atoms with Gasteiger partial charge in [-0.2, -0.15) is 0 Å². The molecule has 0 aliphatic rings. The third kappa shape index (κ3) is 4.19. The molecule has 4 aromatic rings. The molecule has 0 bridgehead atoms. The Morgan fingerprint density at radius 1 is 0.833 bits per heavy atom. The molecule has 0 aliphatic carbocycles. The maximum atomic E-state index is 13.1. The molecule has 1 heterocycles. The Kier molecular flexibility index (Phi) is 6.05. The van der Waals surface area contributed by atoms with Gasteiger partial charge in [-0.15, -0.1) is 11.8 Å². The predicted molar refractivity (Wildman–Crippen MR) is 124 cm³/mol. The van der Waals surface area contributed by atoms with Crippen molar-refractivity contribution in [1.29, 1.82) is 0 Å². The first-order valence-electron chi connectivity index (χ1n) is 9.81. The predicted octanol–water partition coefficient (Wildman–Crippen LogP) is 6.76. The van der Waals surface area contributed by atoms with Crippen molar-refractivity contribution in [2.75, 3.05) is 12.9 Å². The van der Waals surface area contributed by atoms with Crippen molar-refractivity contribution in [3.05, 3.63) is 95.3 Å². The molecule has 0 unspecified atom stereocenters. The molecule has 3 nitrogen and oxygen atoms in total. The van der Waals surface area contributed by atoms with Crippen molar-refractivity contribution in [1.82, 2.24) is 0 Å². The fourth-order valence-corrected chi connectivity index (χ4v) is 3.80. The fourth-order valence-electron chi connectivity index (χ4n) is 3.39. The number of rotatable bonds is 6. The van der Waals surface area contributed by atoms with Gasteiger partial charge in [-0.1, -0.05) is 42.5 Å². The summed E-state index contributed by atoms with van der Waals surface area (Å²) >= 11 is 1.69. The second-order valence-corrected chi connectivity index (χ2v) is 7.62. The molecule has 30 heavy (non-hydrogen) atoms. The van der Waals surface area contributed by atoms with Crippen LogP contribution in [0.1, 0.15) is 6.92 Å². The third-order valence-electron chi connectivity index (χ3n) is 4.86. The van der Waals surface area contributed by atoms with Gasteiger partial charge < -0.3 is 9.15 Å². The lowest BCUT2D eigenvalue weighted by Crippen LogP contribution is -2.06. The highest BCUT2D eigenvalue weighted by Crippen LogP contribution is 2.34. The van der Waals surface area contributed by atoms with E-state index in [2.05, 4.69) is 24.3 Å². The number of hydrogen-bond acceptors (Lipinski definition) is 4. The highest BCUT2D eigenvalue weighted by atomic mass is 32.2. The maximum absolute atomic E-state index is 13.1. The van der Waals surface area contributed by atoms with E-state index >= 15 is 0 Å². The van der Waals surface area contributed by atoms with Crippen LogP contribution < -0.4 is 10.4 Å².